The number of nitrogen functional groups attached to an aromatic ring is 1. The number of nitrogens with one attached hydrogen (secondary N) is 1. The number of carbonyl (C=O) groups excluding carboxylic acids is 1. The Balaban J connectivity index is 1.68. The summed E-state index contributed by atoms with van der Waals surface area (Å²) >= 11 is 0. The molecule has 1 amide bonds. The minimum atomic E-state index is -0.377. The first-order valence-electron chi connectivity index (χ1n) is 10.0. The first-order chi connectivity index (χ1) is 15.5. The molecular formula is C24H20N6O2. The fourth-order valence-electron chi connectivity index (χ4n) is 3.52. The molecule has 2 aromatic carbocycles. The van der Waals surface area contributed by atoms with Crippen LogP contribution in [0.15, 0.2) is 70.4 Å². The van der Waals surface area contributed by atoms with Crippen LogP contribution in [0.5, 0.6) is 0 Å². The highest BCUT2D eigenvalue weighted by molar-refractivity contribution is 6.16. The van der Waals surface area contributed by atoms with Crippen molar-refractivity contribution < 1.29 is 9.21 Å². The second kappa shape index (κ2) is 7.66. The molecule has 0 saturated carbocycles. The molecule has 8 heteroatoms. The van der Waals surface area contributed by atoms with E-state index in [1.165, 1.54) is 10.9 Å². The van der Waals surface area contributed by atoms with Gasteiger partial charge in [-0.05, 0) is 55.3 Å². The molecule has 0 bridgehead atoms. The van der Waals surface area contributed by atoms with Gasteiger partial charge in [-0.25, -0.2) is 9.97 Å². The third-order valence-electron chi connectivity index (χ3n) is 5.19. The Morgan fingerprint density at radius 2 is 1.88 bits per heavy atom. The minimum absolute atomic E-state index is 0.140. The van der Waals surface area contributed by atoms with Crippen molar-refractivity contribution in [2.75, 3.05) is 11.1 Å². The Morgan fingerprint density at radius 1 is 1.09 bits per heavy atom. The Kier molecular flexibility index (Phi) is 4.67. The van der Waals surface area contributed by atoms with Gasteiger partial charge in [0.2, 0.25) is 0 Å². The summed E-state index contributed by atoms with van der Waals surface area (Å²) in [6, 6.07) is 16.8. The van der Waals surface area contributed by atoms with E-state index >= 15 is 0 Å². The molecule has 3 N–H and O–H groups in total. The van der Waals surface area contributed by atoms with Crippen molar-refractivity contribution in [3.8, 4) is 0 Å². The van der Waals surface area contributed by atoms with Gasteiger partial charge in [0.1, 0.15) is 22.7 Å². The topological polar surface area (TPSA) is 111 Å². The van der Waals surface area contributed by atoms with Crippen LogP contribution in [-0.2, 0) is 0 Å². The van der Waals surface area contributed by atoms with E-state index < -0.39 is 0 Å². The number of hydrogen-bond donors (Lipinski definition) is 2. The SMILES string of the molecule is Cc1ccc(C)c(NC(=O)c2c(N)n(N=Cc3ccco3)c3nc4ccccc4nc23)c1. The van der Waals surface area contributed by atoms with E-state index in [1.54, 1.807) is 18.4 Å². The van der Waals surface area contributed by atoms with Crippen LogP contribution in [0.2, 0.25) is 0 Å². The molecule has 0 saturated heterocycles. The molecule has 0 unspecified atom stereocenters. The van der Waals surface area contributed by atoms with Gasteiger partial charge in [-0.1, -0.05) is 24.3 Å². The third kappa shape index (κ3) is 3.37. The van der Waals surface area contributed by atoms with Crippen molar-refractivity contribution >= 4 is 45.8 Å². The average Bonchev–Trinajstić information content (AvgIpc) is 3.39. The summed E-state index contributed by atoms with van der Waals surface area (Å²) in [6.45, 7) is 3.90. The number of nitrogens with two attached hydrogens (primary N) is 1. The summed E-state index contributed by atoms with van der Waals surface area (Å²) in [5.74, 6) is 0.306. The Bertz CT molecular complexity index is 1500. The summed E-state index contributed by atoms with van der Waals surface area (Å²) in [5.41, 5.74) is 11.4. The molecule has 32 heavy (non-hydrogen) atoms. The van der Waals surface area contributed by atoms with Crippen LogP contribution < -0.4 is 11.1 Å². The lowest BCUT2D eigenvalue weighted by molar-refractivity contribution is 0.102. The number of aryl methyl sites for hydroxylation is 2. The molecule has 0 radical (unpaired) electrons. The van der Waals surface area contributed by atoms with Crippen LogP contribution in [0.25, 0.3) is 22.2 Å². The van der Waals surface area contributed by atoms with E-state index in [9.17, 15) is 4.79 Å². The van der Waals surface area contributed by atoms with Crippen molar-refractivity contribution in [2.45, 2.75) is 13.8 Å². The van der Waals surface area contributed by atoms with Crippen molar-refractivity contribution in [1.82, 2.24) is 14.6 Å². The summed E-state index contributed by atoms with van der Waals surface area (Å²) in [5, 5.41) is 7.38. The summed E-state index contributed by atoms with van der Waals surface area (Å²) in [7, 11) is 0. The van der Waals surface area contributed by atoms with Gasteiger partial charge in [-0.15, -0.1) is 0 Å². The number of carbonyl (C=O) groups is 1. The van der Waals surface area contributed by atoms with E-state index in [-0.39, 0.29) is 17.3 Å². The molecule has 3 heterocycles. The number of aromatic nitrogens is 3. The summed E-state index contributed by atoms with van der Waals surface area (Å²) in [6.07, 6.45) is 3.06. The van der Waals surface area contributed by atoms with Crippen LogP contribution >= 0.6 is 0 Å². The zero-order valence-corrected chi connectivity index (χ0v) is 17.5. The fourth-order valence-corrected chi connectivity index (χ4v) is 3.52. The number of rotatable bonds is 4. The number of para-hydroxylation sites is 2. The second-order valence-corrected chi connectivity index (χ2v) is 7.49. The monoisotopic (exact) mass is 424 g/mol. The van der Waals surface area contributed by atoms with E-state index in [1.807, 2.05) is 56.3 Å². The van der Waals surface area contributed by atoms with Gasteiger partial charge in [-0.3, -0.25) is 4.79 Å². The van der Waals surface area contributed by atoms with Crippen LogP contribution in [0.4, 0.5) is 11.5 Å². The molecule has 3 aromatic heterocycles. The lowest BCUT2D eigenvalue weighted by atomic mass is 10.1. The number of amides is 1. The highest BCUT2D eigenvalue weighted by atomic mass is 16.3. The molecule has 0 aliphatic heterocycles. The van der Waals surface area contributed by atoms with Crippen LogP contribution in [0.1, 0.15) is 27.2 Å². The van der Waals surface area contributed by atoms with Crippen LogP contribution in [0.3, 0.4) is 0 Å². The maximum Gasteiger partial charge on any atom is 0.261 e. The molecular weight excluding hydrogens is 404 g/mol. The molecule has 0 atom stereocenters. The number of benzene rings is 2. The number of nitrogens with zero attached hydrogens (tertiary/aromatic N) is 4. The van der Waals surface area contributed by atoms with Crippen LogP contribution in [0, 0.1) is 13.8 Å². The summed E-state index contributed by atoms with van der Waals surface area (Å²) < 4.78 is 6.73. The van der Waals surface area contributed by atoms with Crippen molar-refractivity contribution in [1.29, 1.82) is 0 Å². The lowest BCUT2D eigenvalue weighted by Gasteiger charge is -2.09. The molecule has 158 valence electrons. The quantitative estimate of drug-likeness (QED) is 0.412. The van der Waals surface area contributed by atoms with Crippen molar-refractivity contribution in [3.05, 3.63) is 83.3 Å². The van der Waals surface area contributed by atoms with Gasteiger partial charge in [0, 0.05) is 5.69 Å². The molecule has 0 aliphatic rings. The van der Waals surface area contributed by atoms with E-state index in [0.29, 0.717) is 33.6 Å². The minimum Gasteiger partial charge on any atom is -0.463 e. The normalized spacial score (nSPS) is 11.6. The zero-order chi connectivity index (χ0) is 22.2. The molecule has 0 aliphatic carbocycles. The van der Waals surface area contributed by atoms with E-state index in [0.717, 1.165) is 11.1 Å². The number of fused-ring (bicyclic) bond motifs is 2. The molecule has 0 spiro atoms. The first-order valence-corrected chi connectivity index (χ1v) is 10.0. The van der Waals surface area contributed by atoms with Gasteiger partial charge in [0.25, 0.3) is 5.91 Å². The van der Waals surface area contributed by atoms with E-state index in [2.05, 4.69) is 20.4 Å². The largest absolute Gasteiger partial charge is 0.463 e. The maximum absolute atomic E-state index is 13.4. The fraction of sp³-hybridized carbons (Fsp3) is 0.0833. The average molecular weight is 424 g/mol. The molecule has 8 nitrogen and oxygen atoms in total. The summed E-state index contributed by atoms with van der Waals surface area (Å²) in [4.78, 5) is 22.7. The molecule has 5 rings (SSSR count). The Labute approximate surface area is 183 Å². The molecule has 0 fully saturated rings. The number of furan rings is 1. The smallest absolute Gasteiger partial charge is 0.261 e. The third-order valence-corrected chi connectivity index (χ3v) is 5.19. The number of hydrogen-bond acceptors (Lipinski definition) is 6. The van der Waals surface area contributed by atoms with E-state index in [4.69, 9.17) is 10.2 Å². The number of anilines is 2. The Morgan fingerprint density at radius 3 is 2.62 bits per heavy atom. The predicted molar refractivity (Wildman–Crippen MR) is 125 cm³/mol. The highest BCUT2D eigenvalue weighted by Gasteiger charge is 2.24. The van der Waals surface area contributed by atoms with Gasteiger partial charge in [0.15, 0.2) is 5.65 Å². The zero-order valence-electron chi connectivity index (χ0n) is 17.5. The second-order valence-electron chi connectivity index (χ2n) is 7.49. The molecule has 5 aromatic rings. The van der Waals surface area contributed by atoms with Gasteiger partial charge in [0.05, 0.1) is 23.5 Å². The van der Waals surface area contributed by atoms with Crippen molar-refractivity contribution in [2.24, 2.45) is 5.10 Å². The van der Waals surface area contributed by atoms with Gasteiger partial charge < -0.3 is 15.5 Å². The van der Waals surface area contributed by atoms with Crippen molar-refractivity contribution in [3.63, 3.8) is 0 Å². The standard InChI is InChI=1S/C24H20N6O2/c1-14-9-10-15(2)19(12-14)29-24(31)20-21-23(28-18-8-4-3-7-17(18)27-21)30(22(20)25)26-13-16-6-5-11-32-16/h3-13H,25H2,1-2H3,(H,29,31). The highest BCUT2D eigenvalue weighted by Crippen LogP contribution is 2.29. The lowest BCUT2D eigenvalue weighted by Crippen LogP contribution is -2.15. The Hall–Kier alpha value is -4.46. The van der Waals surface area contributed by atoms with Crippen LogP contribution in [-0.4, -0.2) is 26.8 Å². The first kappa shape index (κ1) is 19.5. The predicted octanol–water partition coefficient (Wildman–Crippen LogP) is 4.51. The van der Waals surface area contributed by atoms with Gasteiger partial charge in [-0.2, -0.15) is 9.78 Å². The maximum atomic E-state index is 13.4. The van der Waals surface area contributed by atoms with Gasteiger partial charge >= 0.3 is 0 Å².